The number of para-hydroxylation sites is 1. The number of hydrogen-bond acceptors (Lipinski definition) is 4. The fourth-order valence-electron chi connectivity index (χ4n) is 3.56. The van der Waals surface area contributed by atoms with Gasteiger partial charge in [0.25, 0.3) is 5.91 Å². The van der Waals surface area contributed by atoms with Gasteiger partial charge in [0, 0.05) is 31.9 Å². The molecule has 3 aromatic rings. The van der Waals surface area contributed by atoms with Crippen LogP contribution in [0.3, 0.4) is 0 Å². The zero-order valence-corrected chi connectivity index (χ0v) is 14.5. The molecular formula is C21H19NO4. The third-order valence-electron chi connectivity index (χ3n) is 5.03. The van der Waals surface area contributed by atoms with E-state index in [4.69, 9.17) is 9.15 Å². The first-order chi connectivity index (χ1) is 12.6. The first kappa shape index (κ1) is 16.5. The lowest BCUT2D eigenvalue weighted by Gasteiger charge is -2.27. The highest BCUT2D eigenvalue weighted by Gasteiger charge is 2.37. The predicted octanol–water partition coefficient (Wildman–Crippen LogP) is 2.71. The SMILES string of the molecule is COC1(CNC(=O)c2cc3ccccc3oc2=O)Cc2ccccc2C1. The number of methoxy groups -OCH3 is 1. The van der Waals surface area contributed by atoms with Crippen molar-refractivity contribution in [2.45, 2.75) is 18.4 Å². The second-order valence-electron chi connectivity index (χ2n) is 6.68. The fourth-order valence-corrected chi connectivity index (χ4v) is 3.56. The summed E-state index contributed by atoms with van der Waals surface area (Å²) in [6.45, 7) is 0.323. The van der Waals surface area contributed by atoms with Gasteiger partial charge in [0.1, 0.15) is 11.1 Å². The van der Waals surface area contributed by atoms with Crippen LogP contribution in [0, 0.1) is 0 Å². The van der Waals surface area contributed by atoms with E-state index in [0.717, 1.165) is 12.8 Å². The van der Waals surface area contributed by atoms with Crippen molar-refractivity contribution in [3.8, 4) is 0 Å². The van der Waals surface area contributed by atoms with Gasteiger partial charge < -0.3 is 14.5 Å². The van der Waals surface area contributed by atoms with Crippen LogP contribution < -0.4 is 10.9 Å². The summed E-state index contributed by atoms with van der Waals surface area (Å²) >= 11 is 0. The maximum Gasteiger partial charge on any atom is 0.349 e. The smallest absolute Gasteiger partial charge is 0.349 e. The van der Waals surface area contributed by atoms with Crippen LogP contribution in [0.5, 0.6) is 0 Å². The molecule has 0 atom stereocenters. The summed E-state index contributed by atoms with van der Waals surface area (Å²) in [5, 5.41) is 3.56. The predicted molar refractivity (Wildman–Crippen MR) is 98.4 cm³/mol. The van der Waals surface area contributed by atoms with Gasteiger partial charge in [-0.25, -0.2) is 4.79 Å². The Balaban J connectivity index is 1.54. The quantitative estimate of drug-likeness (QED) is 0.736. The largest absolute Gasteiger partial charge is 0.422 e. The Morgan fingerprint density at radius 2 is 1.77 bits per heavy atom. The van der Waals surface area contributed by atoms with E-state index in [-0.39, 0.29) is 5.56 Å². The molecule has 1 N–H and O–H groups in total. The molecule has 0 fully saturated rings. The van der Waals surface area contributed by atoms with Gasteiger partial charge in [0.15, 0.2) is 0 Å². The molecule has 0 aliphatic heterocycles. The maximum absolute atomic E-state index is 12.6. The van der Waals surface area contributed by atoms with Crippen LogP contribution in [0.1, 0.15) is 21.5 Å². The number of ether oxygens (including phenoxy) is 1. The van der Waals surface area contributed by atoms with Crippen molar-refractivity contribution in [3.63, 3.8) is 0 Å². The molecule has 0 saturated carbocycles. The highest BCUT2D eigenvalue weighted by Crippen LogP contribution is 2.32. The number of carbonyl (C=O) groups is 1. The van der Waals surface area contributed by atoms with Crippen molar-refractivity contribution < 1.29 is 13.9 Å². The molecule has 0 saturated heterocycles. The lowest BCUT2D eigenvalue weighted by atomic mass is 10.00. The standard InChI is InChI=1S/C21H19NO4/c1-25-21(11-15-7-2-3-8-16(15)12-21)13-22-19(23)17-10-14-6-4-5-9-18(14)26-20(17)24/h2-10H,11-13H2,1H3,(H,22,23). The number of hydrogen-bond donors (Lipinski definition) is 1. The molecule has 5 heteroatoms. The summed E-state index contributed by atoms with van der Waals surface area (Å²) in [6, 6.07) is 16.9. The average molecular weight is 349 g/mol. The van der Waals surface area contributed by atoms with E-state index in [2.05, 4.69) is 17.4 Å². The van der Waals surface area contributed by atoms with Crippen molar-refractivity contribution in [2.75, 3.05) is 13.7 Å². The third-order valence-corrected chi connectivity index (χ3v) is 5.03. The Kier molecular flexibility index (Phi) is 4.09. The van der Waals surface area contributed by atoms with Gasteiger partial charge in [0.05, 0.1) is 5.60 Å². The van der Waals surface area contributed by atoms with Crippen LogP contribution in [0.4, 0.5) is 0 Å². The van der Waals surface area contributed by atoms with Crippen LogP contribution in [0.2, 0.25) is 0 Å². The Labute approximate surface area is 150 Å². The normalized spacial score (nSPS) is 15.0. The van der Waals surface area contributed by atoms with Gasteiger partial charge in [-0.05, 0) is 23.3 Å². The molecule has 0 unspecified atom stereocenters. The molecule has 1 aliphatic rings. The molecule has 132 valence electrons. The summed E-state index contributed by atoms with van der Waals surface area (Å²) in [6.07, 6.45) is 1.46. The topological polar surface area (TPSA) is 68.5 Å². The molecule has 2 aromatic carbocycles. The summed E-state index contributed by atoms with van der Waals surface area (Å²) in [5.74, 6) is -0.447. The van der Waals surface area contributed by atoms with E-state index >= 15 is 0 Å². The van der Waals surface area contributed by atoms with Crippen LogP contribution >= 0.6 is 0 Å². The summed E-state index contributed by atoms with van der Waals surface area (Å²) < 4.78 is 11.0. The molecular weight excluding hydrogens is 330 g/mol. The third kappa shape index (κ3) is 2.91. The summed E-state index contributed by atoms with van der Waals surface area (Å²) in [4.78, 5) is 24.7. The summed E-state index contributed by atoms with van der Waals surface area (Å²) in [5.41, 5.74) is 1.81. The Morgan fingerprint density at radius 1 is 1.12 bits per heavy atom. The van der Waals surface area contributed by atoms with Crippen LogP contribution in [-0.2, 0) is 17.6 Å². The van der Waals surface area contributed by atoms with Gasteiger partial charge in [-0.3, -0.25) is 4.79 Å². The van der Waals surface area contributed by atoms with E-state index in [1.165, 1.54) is 11.1 Å². The first-order valence-corrected chi connectivity index (χ1v) is 8.53. The highest BCUT2D eigenvalue weighted by molar-refractivity contribution is 5.96. The molecule has 1 aromatic heterocycles. The fraction of sp³-hybridized carbons (Fsp3) is 0.238. The number of rotatable bonds is 4. The molecule has 5 nitrogen and oxygen atoms in total. The Hall–Kier alpha value is -2.92. The number of benzene rings is 2. The minimum atomic E-state index is -0.637. The zero-order valence-electron chi connectivity index (χ0n) is 14.5. The van der Waals surface area contributed by atoms with Crippen LogP contribution in [0.25, 0.3) is 11.0 Å². The number of amides is 1. The van der Waals surface area contributed by atoms with Crippen LogP contribution in [-0.4, -0.2) is 25.2 Å². The van der Waals surface area contributed by atoms with Gasteiger partial charge in [-0.1, -0.05) is 42.5 Å². The first-order valence-electron chi connectivity index (χ1n) is 8.53. The lowest BCUT2D eigenvalue weighted by Crippen LogP contribution is -2.46. The van der Waals surface area contributed by atoms with Gasteiger partial charge >= 0.3 is 5.63 Å². The zero-order chi connectivity index (χ0) is 18.1. The Morgan fingerprint density at radius 3 is 2.46 bits per heavy atom. The molecule has 26 heavy (non-hydrogen) atoms. The number of carbonyl (C=O) groups excluding carboxylic acids is 1. The summed E-state index contributed by atoms with van der Waals surface area (Å²) in [7, 11) is 1.66. The number of fused-ring (bicyclic) bond motifs is 2. The van der Waals surface area contributed by atoms with Crippen molar-refractivity contribution in [1.82, 2.24) is 5.32 Å². The van der Waals surface area contributed by atoms with E-state index < -0.39 is 17.1 Å². The molecule has 0 radical (unpaired) electrons. The van der Waals surface area contributed by atoms with Gasteiger partial charge in [-0.2, -0.15) is 0 Å². The minimum Gasteiger partial charge on any atom is -0.422 e. The monoisotopic (exact) mass is 349 g/mol. The van der Waals surface area contributed by atoms with Crippen molar-refractivity contribution in [3.05, 3.63) is 81.7 Å². The molecule has 4 rings (SSSR count). The van der Waals surface area contributed by atoms with E-state index in [9.17, 15) is 9.59 Å². The second-order valence-corrected chi connectivity index (χ2v) is 6.68. The molecule has 1 amide bonds. The molecule has 1 aliphatic carbocycles. The van der Waals surface area contributed by atoms with E-state index in [0.29, 0.717) is 17.5 Å². The average Bonchev–Trinajstić information content (AvgIpc) is 3.05. The van der Waals surface area contributed by atoms with E-state index in [1.54, 1.807) is 31.4 Å². The molecule has 0 spiro atoms. The molecule has 1 heterocycles. The highest BCUT2D eigenvalue weighted by atomic mass is 16.5. The maximum atomic E-state index is 12.6. The Bertz CT molecular complexity index is 1010. The van der Waals surface area contributed by atoms with E-state index in [1.807, 2.05) is 18.2 Å². The van der Waals surface area contributed by atoms with Gasteiger partial charge in [0.2, 0.25) is 0 Å². The van der Waals surface area contributed by atoms with Gasteiger partial charge in [-0.15, -0.1) is 0 Å². The number of nitrogens with one attached hydrogen (secondary N) is 1. The minimum absolute atomic E-state index is 0.00506. The van der Waals surface area contributed by atoms with Crippen LogP contribution in [0.15, 0.2) is 63.8 Å². The van der Waals surface area contributed by atoms with Crippen molar-refractivity contribution in [1.29, 1.82) is 0 Å². The molecule has 0 bridgehead atoms. The lowest BCUT2D eigenvalue weighted by molar-refractivity contribution is 0.000148. The second kappa shape index (κ2) is 6.42. The van der Waals surface area contributed by atoms with Crippen molar-refractivity contribution in [2.24, 2.45) is 0 Å². The van der Waals surface area contributed by atoms with Crippen molar-refractivity contribution >= 4 is 16.9 Å².